The highest BCUT2D eigenvalue weighted by Crippen LogP contribution is 2.32. The topological polar surface area (TPSA) is 80.0 Å². The van der Waals surface area contributed by atoms with Gasteiger partial charge in [-0.15, -0.1) is 0 Å². The molecule has 1 aliphatic rings. The number of nitrogens with one attached hydrogen (secondary N) is 2. The molecule has 3 rings (SSSR count). The van der Waals surface area contributed by atoms with Crippen LogP contribution in [0.4, 0.5) is 4.39 Å². The van der Waals surface area contributed by atoms with Gasteiger partial charge in [0.05, 0.1) is 17.5 Å². The van der Waals surface area contributed by atoms with Crippen molar-refractivity contribution in [3.05, 3.63) is 59.4 Å². The van der Waals surface area contributed by atoms with Gasteiger partial charge in [0.1, 0.15) is 11.9 Å². The van der Waals surface area contributed by atoms with Crippen molar-refractivity contribution in [2.45, 2.75) is 18.9 Å². The predicted octanol–water partition coefficient (Wildman–Crippen LogP) is 2.97. The van der Waals surface area contributed by atoms with E-state index in [9.17, 15) is 9.18 Å². The molecular weight excluding hydrogens is 319 g/mol. The van der Waals surface area contributed by atoms with Crippen LogP contribution in [0, 0.1) is 22.6 Å². The highest BCUT2D eigenvalue weighted by Gasteiger charge is 2.37. The molecule has 0 aliphatic carbocycles. The monoisotopic (exact) mass is 336 g/mol. The summed E-state index contributed by atoms with van der Waals surface area (Å²) in [5.41, 5.74) is 0.966. The van der Waals surface area contributed by atoms with Crippen LogP contribution in [0.5, 0.6) is 0 Å². The molecule has 1 amide bonds. The van der Waals surface area contributed by atoms with Crippen molar-refractivity contribution in [2.24, 2.45) is 0 Å². The first-order valence-corrected chi connectivity index (χ1v) is 7.78. The zero-order valence-corrected chi connectivity index (χ0v) is 13.9. The second-order valence-electron chi connectivity index (χ2n) is 6.29. The van der Waals surface area contributed by atoms with Crippen molar-refractivity contribution in [1.29, 1.82) is 10.7 Å². The zero-order valence-electron chi connectivity index (χ0n) is 13.9. The van der Waals surface area contributed by atoms with Gasteiger partial charge in [-0.3, -0.25) is 15.1 Å². The maximum atomic E-state index is 14.5. The lowest BCUT2D eigenvalue weighted by Crippen LogP contribution is -2.58. The molecule has 0 bridgehead atoms. The number of guanidine groups is 1. The Balaban J connectivity index is 2.05. The van der Waals surface area contributed by atoms with Gasteiger partial charge in [0.2, 0.25) is 5.91 Å². The summed E-state index contributed by atoms with van der Waals surface area (Å²) in [5.74, 6) is -0.691. The van der Waals surface area contributed by atoms with Crippen molar-refractivity contribution in [3.8, 4) is 17.2 Å². The van der Waals surface area contributed by atoms with Gasteiger partial charge in [0.25, 0.3) is 0 Å². The molecule has 0 aromatic heterocycles. The van der Waals surface area contributed by atoms with Crippen LogP contribution in [0.2, 0.25) is 0 Å². The lowest BCUT2D eigenvalue weighted by atomic mass is 9.85. The van der Waals surface area contributed by atoms with E-state index in [-0.39, 0.29) is 23.9 Å². The first kappa shape index (κ1) is 16.7. The Labute approximate surface area is 145 Å². The number of nitriles is 1. The van der Waals surface area contributed by atoms with Gasteiger partial charge in [-0.1, -0.05) is 30.3 Å². The number of carbonyl (C=O) groups is 1. The molecular formula is C19H17FN4O. The minimum absolute atomic E-state index is 0.0107. The summed E-state index contributed by atoms with van der Waals surface area (Å²) in [6, 6.07) is 13.7. The third-order valence-electron chi connectivity index (χ3n) is 4.54. The lowest BCUT2D eigenvalue weighted by Gasteiger charge is -2.39. The SMILES string of the molecule is CN1C(=N)N[C@](C)(c2cccc(-c3cccc(C#N)c3F)c2)CC1=O. The van der Waals surface area contributed by atoms with Gasteiger partial charge >= 0.3 is 0 Å². The van der Waals surface area contributed by atoms with Gasteiger partial charge in [0.15, 0.2) is 5.96 Å². The van der Waals surface area contributed by atoms with E-state index in [0.717, 1.165) is 5.56 Å². The molecule has 0 saturated carbocycles. The summed E-state index contributed by atoms with van der Waals surface area (Å²) < 4.78 is 14.5. The normalized spacial score (nSPS) is 20.2. The Hall–Kier alpha value is -3.20. The standard InChI is InChI=1S/C19H17FN4O/c1-19(10-16(25)24(2)18(22)23-19)14-7-3-5-12(9-14)15-8-4-6-13(11-21)17(15)20/h3-9H,10H2,1-2H3,(H2,22,23)/t19-/m0/s1. The molecule has 1 atom stereocenters. The number of benzene rings is 2. The lowest BCUT2D eigenvalue weighted by molar-refractivity contribution is -0.129. The van der Waals surface area contributed by atoms with Crippen LogP contribution in [0.15, 0.2) is 42.5 Å². The molecule has 2 aromatic carbocycles. The molecule has 2 aromatic rings. The summed E-state index contributed by atoms with van der Waals surface area (Å²) >= 11 is 0. The first-order chi connectivity index (χ1) is 11.9. The van der Waals surface area contributed by atoms with E-state index in [1.807, 2.05) is 19.1 Å². The minimum atomic E-state index is -0.750. The summed E-state index contributed by atoms with van der Waals surface area (Å²) in [5, 5.41) is 20.0. The molecule has 0 radical (unpaired) electrons. The van der Waals surface area contributed by atoms with Crippen LogP contribution >= 0.6 is 0 Å². The minimum Gasteiger partial charge on any atom is -0.346 e. The molecule has 25 heavy (non-hydrogen) atoms. The summed E-state index contributed by atoms with van der Waals surface area (Å²) in [6.07, 6.45) is 0.191. The summed E-state index contributed by atoms with van der Waals surface area (Å²) in [7, 11) is 1.55. The summed E-state index contributed by atoms with van der Waals surface area (Å²) in [4.78, 5) is 13.4. The maximum Gasteiger partial charge on any atom is 0.231 e. The number of hydrogen-bond acceptors (Lipinski definition) is 3. The van der Waals surface area contributed by atoms with Crippen molar-refractivity contribution in [2.75, 3.05) is 7.05 Å². The summed E-state index contributed by atoms with van der Waals surface area (Å²) in [6.45, 7) is 1.84. The van der Waals surface area contributed by atoms with Crippen LogP contribution in [-0.4, -0.2) is 23.8 Å². The third kappa shape index (κ3) is 2.85. The van der Waals surface area contributed by atoms with E-state index in [1.165, 1.54) is 11.0 Å². The second-order valence-corrected chi connectivity index (χ2v) is 6.29. The Bertz CT molecular complexity index is 898. The first-order valence-electron chi connectivity index (χ1n) is 7.78. The molecule has 126 valence electrons. The number of halogens is 1. The van der Waals surface area contributed by atoms with Crippen LogP contribution in [0.1, 0.15) is 24.5 Å². The maximum absolute atomic E-state index is 14.5. The highest BCUT2D eigenvalue weighted by molar-refractivity contribution is 5.98. The Morgan fingerprint density at radius 3 is 2.72 bits per heavy atom. The van der Waals surface area contributed by atoms with Gasteiger partial charge in [-0.05, 0) is 30.2 Å². The van der Waals surface area contributed by atoms with E-state index in [4.69, 9.17) is 10.7 Å². The van der Waals surface area contributed by atoms with E-state index >= 15 is 0 Å². The van der Waals surface area contributed by atoms with Crippen molar-refractivity contribution in [1.82, 2.24) is 10.2 Å². The Morgan fingerprint density at radius 1 is 1.32 bits per heavy atom. The quantitative estimate of drug-likeness (QED) is 0.885. The Morgan fingerprint density at radius 2 is 2.04 bits per heavy atom. The van der Waals surface area contributed by atoms with E-state index in [0.29, 0.717) is 11.1 Å². The van der Waals surface area contributed by atoms with Gasteiger partial charge in [-0.2, -0.15) is 5.26 Å². The average Bonchev–Trinajstić information content (AvgIpc) is 2.60. The fourth-order valence-corrected chi connectivity index (χ4v) is 2.98. The van der Waals surface area contributed by atoms with Crippen molar-refractivity contribution in [3.63, 3.8) is 0 Å². The molecule has 0 spiro atoms. The third-order valence-corrected chi connectivity index (χ3v) is 4.54. The molecule has 6 heteroatoms. The molecule has 2 N–H and O–H groups in total. The number of rotatable bonds is 2. The smallest absolute Gasteiger partial charge is 0.231 e. The van der Waals surface area contributed by atoms with E-state index in [2.05, 4.69) is 5.32 Å². The van der Waals surface area contributed by atoms with Crippen LogP contribution < -0.4 is 5.32 Å². The number of hydrogen-bond donors (Lipinski definition) is 2. The fourth-order valence-electron chi connectivity index (χ4n) is 2.98. The van der Waals surface area contributed by atoms with Gasteiger partial charge in [-0.25, -0.2) is 4.39 Å². The Kier molecular flexibility index (Phi) is 4.01. The molecule has 0 unspecified atom stereocenters. The number of amides is 1. The van der Waals surface area contributed by atoms with Gasteiger partial charge in [0, 0.05) is 12.6 Å². The second kappa shape index (κ2) is 6.02. The molecule has 5 nitrogen and oxygen atoms in total. The molecule has 1 saturated heterocycles. The zero-order chi connectivity index (χ0) is 18.2. The average molecular weight is 336 g/mol. The largest absolute Gasteiger partial charge is 0.346 e. The van der Waals surface area contributed by atoms with Gasteiger partial charge < -0.3 is 5.32 Å². The fraction of sp³-hybridized carbons (Fsp3) is 0.211. The highest BCUT2D eigenvalue weighted by atomic mass is 19.1. The van der Waals surface area contributed by atoms with Crippen molar-refractivity contribution >= 4 is 11.9 Å². The number of carbonyl (C=O) groups excluding carboxylic acids is 1. The number of nitrogens with zero attached hydrogens (tertiary/aromatic N) is 2. The van der Waals surface area contributed by atoms with E-state index < -0.39 is 11.4 Å². The van der Waals surface area contributed by atoms with Crippen molar-refractivity contribution < 1.29 is 9.18 Å². The van der Waals surface area contributed by atoms with E-state index in [1.54, 1.807) is 37.4 Å². The molecule has 1 heterocycles. The van der Waals surface area contributed by atoms with Crippen LogP contribution in [-0.2, 0) is 10.3 Å². The molecule has 1 aliphatic heterocycles. The van der Waals surface area contributed by atoms with Crippen LogP contribution in [0.25, 0.3) is 11.1 Å². The van der Waals surface area contributed by atoms with Crippen LogP contribution in [0.3, 0.4) is 0 Å². The molecule has 1 fully saturated rings. The predicted molar refractivity (Wildman–Crippen MR) is 92.2 cm³/mol.